The van der Waals surface area contributed by atoms with Crippen LogP contribution in [-0.4, -0.2) is 36.1 Å². The van der Waals surface area contributed by atoms with Gasteiger partial charge in [0.15, 0.2) is 5.58 Å². The number of nitrogens with one attached hydrogen (secondary N) is 1. The van der Waals surface area contributed by atoms with Crippen LogP contribution in [0.15, 0.2) is 40.8 Å². The number of aromatic nitrogens is 2. The highest BCUT2D eigenvalue weighted by Crippen LogP contribution is 2.23. The Morgan fingerprint density at radius 2 is 1.89 bits per heavy atom. The van der Waals surface area contributed by atoms with Gasteiger partial charge in [-0.3, -0.25) is 4.98 Å². The molecule has 1 aliphatic rings. The molecule has 0 saturated carbocycles. The summed E-state index contributed by atoms with van der Waals surface area (Å²) in [5, 5.41) is 3.34. The van der Waals surface area contributed by atoms with Crippen LogP contribution in [0.5, 0.6) is 0 Å². The third-order valence-corrected chi connectivity index (χ3v) is 4.83. The van der Waals surface area contributed by atoms with Crippen molar-refractivity contribution in [3.63, 3.8) is 0 Å². The molecule has 0 atom stereocenters. The van der Waals surface area contributed by atoms with Gasteiger partial charge in [-0.25, -0.2) is 0 Å². The van der Waals surface area contributed by atoms with E-state index in [-0.39, 0.29) is 0 Å². The normalized spacial score (nSPS) is 14.9. The zero-order valence-electron chi connectivity index (χ0n) is 16.6. The molecule has 1 fully saturated rings. The molecule has 0 radical (unpaired) electrons. The minimum atomic E-state index is 0.506. The lowest BCUT2D eigenvalue weighted by molar-refractivity contribution is 0.104. The number of benzene rings is 1. The molecular weight excluding hydrogens is 352 g/mol. The van der Waals surface area contributed by atoms with Crippen molar-refractivity contribution in [3.8, 4) is 0 Å². The van der Waals surface area contributed by atoms with Crippen molar-refractivity contribution in [2.24, 2.45) is 5.92 Å². The fourth-order valence-corrected chi connectivity index (χ4v) is 3.45. The van der Waals surface area contributed by atoms with Gasteiger partial charge in [-0.05, 0) is 42.2 Å². The molecule has 0 unspecified atom stereocenters. The van der Waals surface area contributed by atoms with Crippen molar-refractivity contribution in [2.45, 2.75) is 33.5 Å². The fourth-order valence-electron chi connectivity index (χ4n) is 3.45. The van der Waals surface area contributed by atoms with Crippen LogP contribution >= 0.6 is 0 Å². The molecule has 1 aromatic carbocycles. The number of fused-ring (bicyclic) bond motifs is 1. The van der Waals surface area contributed by atoms with E-state index in [4.69, 9.17) is 9.15 Å². The molecule has 0 amide bonds. The Bertz CT molecular complexity index is 916. The van der Waals surface area contributed by atoms with Crippen molar-refractivity contribution in [1.82, 2.24) is 15.3 Å². The number of oxazole rings is 1. The van der Waals surface area contributed by atoms with Crippen LogP contribution in [0.2, 0.25) is 0 Å². The summed E-state index contributed by atoms with van der Waals surface area (Å²) >= 11 is 0. The second-order valence-electron chi connectivity index (χ2n) is 7.75. The zero-order valence-corrected chi connectivity index (χ0v) is 16.6. The summed E-state index contributed by atoms with van der Waals surface area (Å²) in [6.45, 7) is 9.21. The fraction of sp³-hybridized carbons (Fsp3) is 0.455. The number of rotatable bonds is 7. The minimum absolute atomic E-state index is 0.506. The van der Waals surface area contributed by atoms with Crippen LogP contribution in [0.1, 0.15) is 30.8 Å². The third kappa shape index (κ3) is 4.69. The summed E-state index contributed by atoms with van der Waals surface area (Å²) in [5.41, 5.74) is 4.88. The predicted molar refractivity (Wildman–Crippen MR) is 110 cm³/mol. The lowest BCUT2D eigenvalue weighted by Crippen LogP contribution is -2.43. The first-order valence-electron chi connectivity index (χ1n) is 10.0. The first kappa shape index (κ1) is 18.9. The van der Waals surface area contributed by atoms with E-state index in [1.165, 1.54) is 0 Å². The summed E-state index contributed by atoms with van der Waals surface area (Å²) in [6, 6.07) is 12.9. The van der Waals surface area contributed by atoms with Gasteiger partial charge in [-0.1, -0.05) is 26.0 Å². The van der Waals surface area contributed by atoms with Crippen molar-refractivity contribution in [2.75, 3.05) is 31.1 Å². The molecule has 28 heavy (non-hydrogen) atoms. The van der Waals surface area contributed by atoms with Gasteiger partial charge in [0.2, 0.25) is 0 Å². The minimum Gasteiger partial charge on any atom is -0.423 e. The average molecular weight is 380 g/mol. The van der Waals surface area contributed by atoms with Crippen LogP contribution in [-0.2, 0) is 24.4 Å². The maximum Gasteiger partial charge on any atom is 0.298 e. The SMILES string of the molecule is CC(C)Cc1cccc(COCc2ccc3nc(N4CCNCC4)oc3c2)n1. The highest BCUT2D eigenvalue weighted by atomic mass is 16.5. The highest BCUT2D eigenvalue weighted by molar-refractivity contribution is 5.75. The van der Waals surface area contributed by atoms with Gasteiger partial charge in [-0.2, -0.15) is 4.98 Å². The molecule has 6 nitrogen and oxygen atoms in total. The third-order valence-electron chi connectivity index (χ3n) is 4.83. The summed E-state index contributed by atoms with van der Waals surface area (Å²) in [5.74, 6) is 0.600. The monoisotopic (exact) mass is 380 g/mol. The summed E-state index contributed by atoms with van der Waals surface area (Å²) in [6.07, 6.45) is 0.991. The second-order valence-corrected chi connectivity index (χ2v) is 7.75. The number of hydrogen-bond acceptors (Lipinski definition) is 6. The molecule has 3 aromatic rings. The molecule has 2 aromatic heterocycles. The number of anilines is 1. The molecule has 148 valence electrons. The van der Waals surface area contributed by atoms with E-state index >= 15 is 0 Å². The van der Waals surface area contributed by atoms with E-state index in [2.05, 4.69) is 52.2 Å². The first-order valence-corrected chi connectivity index (χ1v) is 10.0. The van der Waals surface area contributed by atoms with E-state index < -0.39 is 0 Å². The Hall–Kier alpha value is -2.44. The van der Waals surface area contributed by atoms with Gasteiger partial charge < -0.3 is 19.4 Å². The zero-order chi connectivity index (χ0) is 19.3. The Morgan fingerprint density at radius 1 is 1.07 bits per heavy atom. The van der Waals surface area contributed by atoms with E-state index in [1.807, 2.05) is 18.2 Å². The van der Waals surface area contributed by atoms with Gasteiger partial charge in [0.25, 0.3) is 6.01 Å². The summed E-state index contributed by atoms with van der Waals surface area (Å²) in [4.78, 5) is 11.5. The van der Waals surface area contributed by atoms with Gasteiger partial charge in [-0.15, -0.1) is 0 Å². The smallest absolute Gasteiger partial charge is 0.298 e. The molecule has 6 heteroatoms. The first-order chi connectivity index (χ1) is 13.7. The predicted octanol–water partition coefficient (Wildman–Crippen LogP) is 3.55. The highest BCUT2D eigenvalue weighted by Gasteiger charge is 2.16. The quantitative estimate of drug-likeness (QED) is 0.676. The maximum atomic E-state index is 5.98. The number of pyridine rings is 1. The number of nitrogens with zero attached hydrogens (tertiary/aromatic N) is 3. The molecular formula is C22H28N4O2. The van der Waals surface area contributed by atoms with E-state index in [9.17, 15) is 0 Å². The standard InChI is InChI=1S/C22H28N4O2/c1-16(2)12-18-4-3-5-19(24-18)15-27-14-17-6-7-20-21(13-17)28-22(25-20)26-10-8-23-9-11-26/h3-7,13,16,23H,8-12,14-15H2,1-2H3. The molecule has 0 aliphatic carbocycles. The van der Waals surface area contributed by atoms with Gasteiger partial charge in [0, 0.05) is 31.9 Å². The summed E-state index contributed by atoms with van der Waals surface area (Å²) < 4.78 is 11.9. The van der Waals surface area contributed by atoms with Gasteiger partial charge in [0.1, 0.15) is 5.52 Å². The lowest BCUT2D eigenvalue weighted by atomic mass is 10.1. The van der Waals surface area contributed by atoms with Crippen LogP contribution < -0.4 is 10.2 Å². The maximum absolute atomic E-state index is 5.98. The number of ether oxygens (including phenoxy) is 1. The number of piperazine rings is 1. The largest absolute Gasteiger partial charge is 0.423 e. The van der Waals surface area contributed by atoms with Gasteiger partial charge in [0.05, 0.1) is 18.9 Å². The average Bonchev–Trinajstić information content (AvgIpc) is 3.12. The van der Waals surface area contributed by atoms with Crippen molar-refractivity contribution >= 4 is 17.1 Å². The Balaban J connectivity index is 1.37. The van der Waals surface area contributed by atoms with Crippen molar-refractivity contribution in [3.05, 3.63) is 53.3 Å². The lowest BCUT2D eigenvalue weighted by Gasteiger charge is -2.25. The molecule has 3 heterocycles. The van der Waals surface area contributed by atoms with Crippen LogP contribution in [0.4, 0.5) is 6.01 Å². The van der Waals surface area contributed by atoms with Gasteiger partial charge >= 0.3 is 0 Å². The Labute approximate surface area is 165 Å². The Kier molecular flexibility index (Phi) is 5.88. The molecule has 1 saturated heterocycles. The molecule has 1 aliphatic heterocycles. The van der Waals surface area contributed by atoms with Crippen LogP contribution in [0.3, 0.4) is 0 Å². The van der Waals surface area contributed by atoms with Crippen LogP contribution in [0, 0.1) is 5.92 Å². The van der Waals surface area contributed by atoms with E-state index in [0.29, 0.717) is 25.1 Å². The van der Waals surface area contributed by atoms with Crippen molar-refractivity contribution in [1.29, 1.82) is 0 Å². The molecule has 0 bridgehead atoms. The van der Waals surface area contributed by atoms with Crippen molar-refractivity contribution < 1.29 is 9.15 Å². The molecule has 0 spiro atoms. The van der Waals surface area contributed by atoms with E-state index in [1.54, 1.807) is 0 Å². The van der Waals surface area contributed by atoms with E-state index in [0.717, 1.165) is 60.7 Å². The number of hydrogen-bond donors (Lipinski definition) is 1. The topological polar surface area (TPSA) is 63.4 Å². The van der Waals surface area contributed by atoms with Crippen LogP contribution in [0.25, 0.3) is 11.1 Å². The summed E-state index contributed by atoms with van der Waals surface area (Å²) in [7, 11) is 0. The molecule has 1 N–H and O–H groups in total. The second kappa shape index (κ2) is 8.71. The Morgan fingerprint density at radius 3 is 2.71 bits per heavy atom. The molecule has 4 rings (SSSR count).